The summed E-state index contributed by atoms with van der Waals surface area (Å²) in [5.74, 6) is 0. The van der Waals surface area contributed by atoms with Crippen LogP contribution in [0.2, 0.25) is 0 Å². The number of hydrogen-bond acceptors (Lipinski definition) is 3. The second-order valence-electron chi connectivity index (χ2n) is 9.76. The summed E-state index contributed by atoms with van der Waals surface area (Å²) in [5.41, 5.74) is 5.16. The monoisotopic (exact) mass is 490 g/mol. The van der Waals surface area contributed by atoms with Gasteiger partial charge in [-0.2, -0.15) is 0 Å². The summed E-state index contributed by atoms with van der Waals surface area (Å²) in [5, 5.41) is 11.0. The number of benzene rings is 6. The van der Waals surface area contributed by atoms with Gasteiger partial charge in [-0.3, -0.25) is 0 Å². The summed E-state index contributed by atoms with van der Waals surface area (Å²) in [6, 6.07) is 37.2. The molecule has 0 aliphatic rings. The molecule has 6 aromatic carbocycles. The molecule has 37 heavy (non-hydrogen) atoms. The van der Waals surface area contributed by atoms with Gasteiger partial charge in [-0.1, -0.05) is 42.5 Å². The minimum Gasteiger partial charge on any atom is -0.464 e. The Labute approximate surface area is 214 Å². The van der Waals surface area contributed by atoms with Gasteiger partial charge in [0.2, 0.25) is 0 Å². The highest BCUT2D eigenvalue weighted by molar-refractivity contribution is 7.25. The molecule has 0 aliphatic heterocycles. The molecule has 0 aliphatic carbocycles. The number of para-hydroxylation sites is 1. The van der Waals surface area contributed by atoms with Gasteiger partial charge in [0.25, 0.3) is 0 Å². The van der Waals surface area contributed by atoms with Gasteiger partial charge in [-0.15, -0.1) is 11.3 Å². The van der Waals surface area contributed by atoms with E-state index in [0.717, 1.165) is 32.9 Å². The topological polar surface area (TPSA) is 26.3 Å². The van der Waals surface area contributed by atoms with Crippen LogP contribution in [0.3, 0.4) is 0 Å². The van der Waals surface area contributed by atoms with Crippen molar-refractivity contribution in [1.29, 1.82) is 0 Å². The fourth-order valence-corrected chi connectivity index (χ4v) is 7.09. The van der Waals surface area contributed by atoms with Crippen molar-refractivity contribution in [1.82, 2.24) is 0 Å². The zero-order valence-corrected chi connectivity index (χ0v) is 20.4. The molecule has 3 heterocycles. The molecule has 0 amide bonds. The molecule has 9 aromatic rings. The molecule has 0 atom stereocenters. The first-order valence-electron chi connectivity index (χ1n) is 12.4. The van der Waals surface area contributed by atoms with E-state index in [1.165, 1.54) is 52.8 Å². The van der Waals surface area contributed by atoms with Crippen molar-refractivity contribution >= 4 is 86.0 Å². The minimum absolute atomic E-state index is 0.914. The maximum absolute atomic E-state index is 6.12. The zero-order chi connectivity index (χ0) is 24.1. The lowest BCUT2D eigenvalue weighted by Crippen LogP contribution is -1.86. The number of fused-ring (bicyclic) bond motifs is 10. The van der Waals surface area contributed by atoms with Crippen molar-refractivity contribution in [3.8, 4) is 11.1 Å². The number of furan rings is 2. The van der Waals surface area contributed by atoms with Crippen LogP contribution in [0, 0.1) is 0 Å². The van der Waals surface area contributed by atoms with Crippen molar-refractivity contribution in [2.24, 2.45) is 0 Å². The molecule has 2 nitrogen and oxygen atoms in total. The lowest BCUT2D eigenvalue weighted by atomic mass is 9.91. The smallest absolute Gasteiger partial charge is 0.135 e. The van der Waals surface area contributed by atoms with Gasteiger partial charge in [0.1, 0.15) is 16.7 Å². The van der Waals surface area contributed by atoms with Crippen LogP contribution in [0.15, 0.2) is 118 Å². The molecule has 9 rings (SSSR count). The Balaban J connectivity index is 1.45. The second-order valence-corrected chi connectivity index (χ2v) is 10.8. The first-order chi connectivity index (χ1) is 18.3. The van der Waals surface area contributed by atoms with Crippen LogP contribution >= 0.6 is 11.3 Å². The highest BCUT2D eigenvalue weighted by Crippen LogP contribution is 2.43. The van der Waals surface area contributed by atoms with Crippen molar-refractivity contribution < 1.29 is 8.83 Å². The molecule has 0 bridgehead atoms. The zero-order valence-electron chi connectivity index (χ0n) is 19.6. The maximum atomic E-state index is 6.12. The van der Waals surface area contributed by atoms with Gasteiger partial charge in [-0.25, -0.2) is 0 Å². The first kappa shape index (κ1) is 19.6. The SMILES string of the molecule is c1ccc2c(c1)oc1ccc(-c3cc4cc5occc5cc4c4cc5sc6ccccc6c5cc34)cc12. The lowest BCUT2D eigenvalue weighted by Gasteiger charge is -2.12. The van der Waals surface area contributed by atoms with Crippen LogP contribution in [0.4, 0.5) is 0 Å². The predicted octanol–water partition coefficient (Wildman–Crippen LogP) is 10.7. The summed E-state index contributed by atoms with van der Waals surface area (Å²) < 4.78 is 14.5. The Bertz CT molecular complexity index is 2360. The highest BCUT2D eigenvalue weighted by Gasteiger charge is 2.16. The van der Waals surface area contributed by atoms with E-state index in [1.807, 2.05) is 29.5 Å². The molecule has 172 valence electrons. The summed E-state index contributed by atoms with van der Waals surface area (Å²) in [6.07, 6.45) is 1.77. The Hall–Kier alpha value is -4.60. The van der Waals surface area contributed by atoms with E-state index in [9.17, 15) is 0 Å². The van der Waals surface area contributed by atoms with E-state index < -0.39 is 0 Å². The van der Waals surface area contributed by atoms with Crippen LogP contribution in [0.25, 0.3) is 85.8 Å². The van der Waals surface area contributed by atoms with Gasteiger partial charge in [0, 0.05) is 36.3 Å². The average Bonchev–Trinajstić information content (AvgIpc) is 3.64. The molecule has 0 radical (unpaired) electrons. The average molecular weight is 491 g/mol. The minimum atomic E-state index is 0.914. The molecule has 3 heteroatoms. The second kappa shape index (κ2) is 7.00. The van der Waals surface area contributed by atoms with Crippen LogP contribution in [0.1, 0.15) is 0 Å². The van der Waals surface area contributed by atoms with E-state index >= 15 is 0 Å². The molecule has 0 N–H and O–H groups in total. The van der Waals surface area contributed by atoms with Crippen molar-refractivity contribution in [3.05, 3.63) is 109 Å². The fraction of sp³-hybridized carbons (Fsp3) is 0. The Morgan fingerprint density at radius 1 is 0.459 bits per heavy atom. The standard InChI is InChI=1S/C34H18O2S/c1-3-7-30-22(5-1)28-13-19(9-10-31(28)36-30)24-15-21-16-32-20(11-12-35-32)14-25(21)27-18-34-29(17-26(24)27)23-6-2-4-8-33(23)37-34/h1-18H. The van der Waals surface area contributed by atoms with E-state index in [2.05, 4.69) is 84.9 Å². The van der Waals surface area contributed by atoms with Crippen molar-refractivity contribution in [2.45, 2.75) is 0 Å². The highest BCUT2D eigenvalue weighted by atomic mass is 32.1. The van der Waals surface area contributed by atoms with E-state index in [4.69, 9.17) is 8.83 Å². The third-order valence-electron chi connectivity index (χ3n) is 7.71. The third-order valence-corrected chi connectivity index (χ3v) is 8.84. The predicted molar refractivity (Wildman–Crippen MR) is 157 cm³/mol. The fourth-order valence-electron chi connectivity index (χ4n) is 5.96. The van der Waals surface area contributed by atoms with Crippen LogP contribution in [-0.4, -0.2) is 0 Å². The van der Waals surface area contributed by atoms with Gasteiger partial charge in [-0.05, 0) is 93.3 Å². The van der Waals surface area contributed by atoms with Crippen LogP contribution < -0.4 is 0 Å². The van der Waals surface area contributed by atoms with E-state index in [0.29, 0.717) is 0 Å². The van der Waals surface area contributed by atoms with Crippen molar-refractivity contribution in [3.63, 3.8) is 0 Å². The molecule has 0 fully saturated rings. The Morgan fingerprint density at radius 2 is 1.32 bits per heavy atom. The summed E-state index contributed by atoms with van der Waals surface area (Å²) in [7, 11) is 0. The van der Waals surface area contributed by atoms with Gasteiger partial charge >= 0.3 is 0 Å². The molecule has 0 spiro atoms. The summed E-state index contributed by atoms with van der Waals surface area (Å²) in [4.78, 5) is 0. The number of thiophene rings is 1. The Morgan fingerprint density at radius 3 is 2.30 bits per heavy atom. The number of hydrogen-bond donors (Lipinski definition) is 0. The number of rotatable bonds is 1. The Kier molecular flexibility index (Phi) is 3.70. The molecule has 0 saturated heterocycles. The van der Waals surface area contributed by atoms with E-state index in [1.54, 1.807) is 6.26 Å². The van der Waals surface area contributed by atoms with Crippen LogP contribution in [-0.2, 0) is 0 Å². The normalized spacial score (nSPS) is 12.3. The quantitative estimate of drug-likeness (QED) is 0.214. The van der Waals surface area contributed by atoms with E-state index in [-0.39, 0.29) is 0 Å². The molecule has 0 saturated carbocycles. The molecular formula is C34H18O2S. The maximum Gasteiger partial charge on any atom is 0.135 e. The summed E-state index contributed by atoms with van der Waals surface area (Å²) in [6.45, 7) is 0. The molecule has 0 unspecified atom stereocenters. The first-order valence-corrected chi connectivity index (χ1v) is 13.2. The van der Waals surface area contributed by atoms with Gasteiger partial charge < -0.3 is 8.83 Å². The van der Waals surface area contributed by atoms with Crippen LogP contribution in [0.5, 0.6) is 0 Å². The lowest BCUT2D eigenvalue weighted by molar-refractivity contribution is 0.616. The van der Waals surface area contributed by atoms with Crippen molar-refractivity contribution in [2.75, 3.05) is 0 Å². The largest absolute Gasteiger partial charge is 0.464 e. The molecule has 3 aromatic heterocycles. The third kappa shape index (κ3) is 2.69. The van der Waals surface area contributed by atoms with Gasteiger partial charge in [0.15, 0.2) is 0 Å². The van der Waals surface area contributed by atoms with Gasteiger partial charge in [0.05, 0.1) is 6.26 Å². The summed E-state index contributed by atoms with van der Waals surface area (Å²) >= 11 is 1.87. The molecular weight excluding hydrogens is 472 g/mol.